The molecule has 0 N–H and O–H groups in total. The maximum atomic E-state index is 8.91. The summed E-state index contributed by atoms with van der Waals surface area (Å²) in [5.74, 6) is 0. The number of anilines is 1. The molecule has 1 fully saturated rings. The molecule has 0 spiro atoms. The first-order valence-corrected chi connectivity index (χ1v) is 6.20. The van der Waals surface area contributed by atoms with Crippen molar-refractivity contribution in [1.82, 2.24) is 0 Å². The Morgan fingerprint density at radius 3 is 3.06 bits per heavy atom. The Labute approximate surface area is 103 Å². The summed E-state index contributed by atoms with van der Waals surface area (Å²) in [6.45, 7) is 4.88. The lowest BCUT2D eigenvalue weighted by molar-refractivity contribution is 0.115. The molecule has 3 heteroatoms. The van der Waals surface area contributed by atoms with Gasteiger partial charge in [-0.15, -0.1) is 0 Å². The largest absolute Gasteiger partial charge is 0.376 e. The second-order valence-corrected chi connectivity index (χ2v) is 4.34. The van der Waals surface area contributed by atoms with Crippen LogP contribution in [-0.2, 0) is 4.74 Å². The Hall–Kier alpha value is -1.53. The number of ether oxygens (including phenoxy) is 1. The summed E-state index contributed by atoms with van der Waals surface area (Å²) in [5.41, 5.74) is 1.83. The highest BCUT2D eigenvalue weighted by atomic mass is 16.5. The molecule has 0 bridgehead atoms. The van der Waals surface area contributed by atoms with E-state index in [4.69, 9.17) is 10.00 Å². The van der Waals surface area contributed by atoms with Crippen molar-refractivity contribution < 1.29 is 4.74 Å². The van der Waals surface area contributed by atoms with Crippen LogP contribution in [-0.4, -0.2) is 25.8 Å². The molecule has 0 amide bonds. The summed E-state index contributed by atoms with van der Waals surface area (Å²) < 4.78 is 5.66. The van der Waals surface area contributed by atoms with Crippen molar-refractivity contribution in [1.29, 1.82) is 5.26 Å². The van der Waals surface area contributed by atoms with Gasteiger partial charge in [0.15, 0.2) is 0 Å². The van der Waals surface area contributed by atoms with E-state index < -0.39 is 0 Å². The van der Waals surface area contributed by atoms with E-state index in [-0.39, 0.29) is 0 Å². The first-order valence-electron chi connectivity index (χ1n) is 6.20. The zero-order chi connectivity index (χ0) is 12.1. The molecular formula is C14H18N2O. The lowest BCUT2D eigenvalue weighted by Crippen LogP contribution is -2.31. The van der Waals surface area contributed by atoms with Gasteiger partial charge in [-0.25, -0.2) is 0 Å². The minimum Gasteiger partial charge on any atom is -0.376 e. The fourth-order valence-electron chi connectivity index (χ4n) is 2.22. The molecule has 1 saturated heterocycles. The van der Waals surface area contributed by atoms with Crippen molar-refractivity contribution in [2.75, 3.05) is 24.6 Å². The van der Waals surface area contributed by atoms with Gasteiger partial charge in [0, 0.05) is 25.4 Å². The van der Waals surface area contributed by atoms with Gasteiger partial charge in [-0.1, -0.05) is 6.07 Å². The van der Waals surface area contributed by atoms with Crippen molar-refractivity contribution in [2.24, 2.45) is 0 Å². The van der Waals surface area contributed by atoms with Gasteiger partial charge in [-0.2, -0.15) is 5.26 Å². The normalized spacial score (nSPS) is 18.9. The number of rotatable bonds is 4. The van der Waals surface area contributed by atoms with Crippen molar-refractivity contribution in [3.05, 3.63) is 29.8 Å². The van der Waals surface area contributed by atoms with E-state index in [9.17, 15) is 0 Å². The molecule has 1 aliphatic heterocycles. The second-order valence-electron chi connectivity index (χ2n) is 4.34. The predicted molar refractivity (Wildman–Crippen MR) is 68.0 cm³/mol. The summed E-state index contributed by atoms with van der Waals surface area (Å²) in [4.78, 5) is 2.27. The Morgan fingerprint density at radius 1 is 1.53 bits per heavy atom. The third-order valence-corrected chi connectivity index (χ3v) is 3.17. The van der Waals surface area contributed by atoms with Gasteiger partial charge in [0.25, 0.3) is 0 Å². The van der Waals surface area contributed by atoms with E-state index in [2.05, 4.69) is 24.0 Å². The van der Waals surface area contributed by atoms with Crippen LogP contribution in [0.5, 0.6) is 0 Å². The standard InChI is InChI=1S/C14H18N2O/c1-2-16(11-14-7-4-8-17-14)13-6-3-5-12(9-13)10-15/h3,5-6,9,14H,2,4,7-8,11H2,1H3. The van der Waals surface area contributed by atoms with Crippen LogP contribution in [0, 0.1) is 11.3 Å². The van der Waals surface area contributed by atoms with Crippen molar-refractivity contribution >= 4 is 5.69 Å². The molecule has 1 aromatic rings. The third kappa shape index (κ3) is 2.98. The Bertz CT molecular complexity index is 405. The topological polar surface area (TPSA) is 36.3 Å². The van der Waals surface area contributed by atoms with Crippen LogP contribution in [0.4, 0.5) is 5.69 Å². The maximum Gasteiger partial charge on any atom is 0.0992 e. The van der Waals surface area contributed by atoms with E-state index >= 15 is 0 Å². The highest BCUT2D eigenvalue weighted by Gasteiger charge is 2.18. The van der Waals surface area contributed by atoms with Gasteiger partial charge in [0.2, 0.25) is 0 Å². The highest BCUT2D eigenvalue weighted by Crippen LogP contribution is 2.19. The van der Waals surface area contributed by atoms with Gasteiger partial charge in [-0.3, -0.25) is 0 Å². The smallest absolute Gasteiger partial charge is 0.0992 e. The van der Waals surface area contributed by atoms with Crippen LogP contribution in [0.3, 0.4) is 0 Å². The Kier molecular flexibility index (Phi) is 4.00. The molecule has 3 nitrogen and oxygen atoms in total. The monoisotopic (exact) mass is 230 g/mol. The SMILES string of the molecule is CCN(CC1CCCO1)c1cccc(C#N)c1. The van der Waals surface area contributed by atoms with Crippen LogP contribution in [0.2, 0.25) is 0 Å². The first kappa shape index (κ1) is 11.9. The van der Waals surface area contributed by atoms with Crippen molar-refractivity contribution in [2.45, 2.75) is 25.9 Å². The van der Waals surface area contributed by atoms with Gasteiger partial charge < -0.3 is 9.64 Å². The second kappa shape index (κ2) is 5.70. The third-order valence-electron chi connectivity index (χ3n) is 3.17. The summed E-state index contributed by atoms with van der Waals surface area (Å²) in [5, 5.41) is 8.91. The van der Waals surface area contributed by atoms with Crippen LogP contribution in [0.1, 0.15) is 25.3 Å². The summed E-state index contributed by atoms with van der Waals surface area (Å²) in [7, 11) is 0. The zero-order valence-electron chi connectivity index (χ0n) is 10.2. The van der Waals surface area contributed by atoms with E-state index in [0.717, 1.165) is 31.8 Å². The summed E-state index contributed by atoms with van der Waals surface area (Å²) in [6.07, 6.45) is 2.66. The lowest BCUT2D eigenvalue weighted by atomic mass is 10.1. The molecule has 0 aromatic heterocycles. The summed E-state index contributed by atoms with van der Waals surface area (Å²) in [6, 6.07) is 9.95. The lowest BCUT2D eigenvalue weighted by Gasteiger charge is -2.26. The van der Waals surface area contributed by atoms with E-state index in [1.807, 2.05) is 18.2 Å². The minimum atomic E-state index is 0.348. The Balaban J connectivity index is 2.08. The maximum absolute atomic E-state index is 8.91. The van der Waals surface area contributed by atoms with Crippen LogP contribution in [0.15, 0.2) is 24.3 Å². The van der Waals surface area contributed by atoms with E-state index in [1.165, 1.54) is 6.42 Å². The quantitative estimate of drug-likeness (QED) is 0.797. The molecule has 1 unspecified atom stereocenters. The average molecular weight is 230 g/mol. The molecule has 1 atom stereocenters. The van der Waals surface area contributed by atoms with Crippen molar-refractivity contribution in [3.8, 4) is 6.07 Å². The molecule has 0 radical (unpaired) electrons. The molecule has 0 saturated carbocycles. The van der Waals surface area contributed by atoms with Crippen LogP contribution >= 0.6 is 0 Å². The first-order chi connectivity index (χ1) is 8.33. The number of likely N-dealkylation sites (N-methyl/N-ethyl adjacent to an activating group) is 1. The van der Waals surface area contributed by atoms with Gasteiger partial charge in [-0.05, 0) is 38.0 Å². The molecular weight excluding hydrogens is 212 g/mol. The molecule has 1 aliphatic rings. The molecule has 0 aliphatic carbocycles. The van der Waals surface area contributed by atoms with Crippen LogP contribution in [0.25, 0.3) is 0 Å². The predicted octanol–water partition coefficient (Wildman–Crippen LogP) is 2.56. The number of benzene rings is 1. The molecule has 17 heavy (non-hydrogen) atoms. The molecule has 90 valence electrons. The van der Waals surface area contributed by atoms with Crippen molar-refractivity contribution in [3.63, 3.8) is 0 Å². The molecule has 1 heterocycles. The number of nitriles is 1. The Morgan fingerprint density at radius 2 is 2.41 bits per heavy atom. The fourth-order valence-corrected chi connectivity index (χ4v) is 2.22. The van der Waals surface area contributed by atoms with Gasteiger partial charge in [0.1, 0.15) is 0 Å². The van der Waals surface area contributed by atoms with Gasteiger partial charge >= 0.3 is 0 Å². The summed E-state index contributed by atoms with van der Waals surface area (Å²) >= 11 is 0. The number of nitrogens with zero attached hydrogens (tertiary/aromatic N) is 2. The molecule has 1 aromatic carbocycles. The molecule has 2 rings (SSSR count). The zero-order valence-corrected chi connectivity index (χ0v) is 10.2. The fraction of sp³-hybridized carbons (Fsp3) is 0.500. The minimum absolute atomic E-state index is 0.348. The number of hydrogen-bond acceptors (Lipinski definition) is 3. The number of hydrogen-bond donors (Lipinski definition) is 0. The van der Waals surface area contributed by atoms with Gasteiger partial charge in [0.05, 0.1) is 17.7 Å². The average Bonchev–Trinajstić information content (AvgIpc) is 2.89. The van der Waals surface area contributed by atoms with E-state index in [0.29, 0.717) is 11.7 Å². The van der Waals surface area contributed by atoms with E-state index in [1.54, 1.807) is 0 Å². The highest BCUT2D eigenvalue weighted by molar-refractivity contribution is 5.51. The van der Waals surface area contributed by atoms with Crippen LogP contribution < -0.4 is 4.90 Å².